The van der Waals surface area contributed by atoms with Crippen molar-refractivity contribution < 1.29 is 1.37 Å². The summed E-state index contributed by atoms with van der Waals surface area (Å²) in [5.74, 6) is 0.329. The molecule has 0 heterocycles. The molecule has 5 heteroatoms. The summed E-state index contributed by atoms with van der Waals surface area (Å²) in [6.45, 7) is 101. The number of anilines is 3. The van der Waals surface area contributed by atoms with Crippen LogP contribution in [-0.2, 0) is 5.41 Å². The van der Waals surface area contributed by atoms with Gasteiger partial charge in [0.2, 0.25) is 0 Å². The minimum atomic E-state index is -0.419. The van der Waals surface area contributed by atoms with Gasteiger partial charge in [0, 0.05) is 79.4 Å². The Morgan fingerprint density at radius 3 is 0.888 bits per heavy atom. The van der Waals surface area contributed by atoms with Crippen LogP contribution in [0.15, 0.2) is 72.8 Å². The largest absolute Gasteiger partial charge is 0.362 e. The van der Waals surface area contributed by atoms with E-state index in [1.54, 1.807) is 5.56 Å². The number of benzene rings is 4. The fraction of sp³-hybridized carbons (Fsp3) is 0.742. The highest BCUT2D eigenvalue weighted by Crippen LogP contribution is 2.48. The van der Waals surface area contributed by atoms with Crippen molar-refractivity contribution in [3.05, 3.63) is 112 Å². The van der Waals surface area contributed by atoms with Crippen LogP contribution in [0.25, 0.3) is 11.1 Å². The molecule has 2 saturated carbocycles. The molecule has 5 nitrogen and oxygen atoms in total. The van der Waals surface area contributed by atoms with E-state index >= 15 is 0 Å². The van der Waals surface area contributed by atoms with Gasteiger partial charge in [-0.2, -0.15) is 0 Å². The van der Waals surface area contributed by atoms with Crippen LogP contribution < -0.4 is 14.7 Å². The molecule has 0 spiro atoms. The second-order valence-electron chi connectivity index (χ2n) is 43.8. The fourth-order valence-electron chi connectivity index (χ4n) is 17.6. The first kappa shape index (κ1) is 88.4. The Labute approximate surface area is 614 Å². The molecule has 4 aromatic rings. The quantitative estimate of drug-likeness (QED) is 0.191. The van der Waals surface area contributed by atoms with E-state index in [1.807, 2.05) is 0 Å². The minimum absolute atomic E-state index is 0.0444. The van der Waals surface area contributed by atoms with Gasteiger partial charge in [-0.1, -0.05) is 109 Å². The Bertz CT molecular complexity index is 3000. The summed E-state index contributed by atoms with van der Waals surface area (Å²) in [5, 5.41) is 0. The lowest BCUT2D eigenvalue weighted by Crippen LogP contribution is -2.60. The summed E-state index contributed by atoms with van der Waals surface area (Å²) in [5.41, 5.74) is 18.9. The first-order chi connectivity index (χ1) is 43.6. The minimum Gasteiger partial charge on any atom is -0.362 e. The van der Waals surface area contributed by atoms with Crippen molar-refractivity contribution in [2.75, 3.05) is 21.7 Å². The number of nitrogens with zero attached hydrogens (tertiary/aromatic N) is 5. The molecule has 0 bridgehead atoms. The van der Waals surface area contributed by atoms with Gasteiger partial charge in [0.15, 0.2) is 0 Å². The molecule has 0 saturated heterocycles. The molecule has 0 aliphatic heterocycles. The van der Waals surface area contributed by atoms with Gasteiger partial charge in [-0.25, -0.2) is 0 Å². The molecule has 6 rings (SSSR count). The Hall–Kier alpha value is -3.80. The van der Waals surface area contributed by atoms with Crippen LogP contribution in [0.5, 0.6) is 0 Å². The molecule has 0 radical (unpaired) electrons. The highest BCUT2D eigenvalue weighted by molar-refractivity contribution is 5.71. The number of hydrogen-bond donors (Lipinski definition) is 0. The number of aryl methyl sites for hydroxylation is 4. The third-order valence-electron chi connectivity index (χ3n) is 20.1. The predicted octanol–water partition coefficient (Wildman–Crippen LogP) is 28.0. The summed E-state index contributed by atoms with van der Waals surface area (Å²) in [4.78, 5) is 12.7. The Balaban J connectivity index is 0.000000438. The van der Waals surface area contributed by atoms with Gasteiger partial charge in [-0.3, -0.25) is 9.80 Å². The lowest BCUT2D eigenvalue weighted by Gasteiger charge is -2.53. The highest BCUT2D eigenvalue weighted by atomic mass is 15.3. The van der Waals surface area contributed by atoms with E-state index in [0.717, 1.165) is 31.6 Å². The Kier molecular flexibility index (Phi) is 28.9. The van der Waals surface area contributed by atoms with E-state index in [1.165, 1.54) is 87.3 Å². The Morgan fingerprint density at radius 2 is 0.633 bits per heavy atom. The average Bonchev–Trinajstić information content (AvgIpc) is 0.772. The average molecular weight is 1350 g/mol. The van der Waals surface area contributed by atoms with E-state index < -0.39 is 5.89 Å². The van der Waals surface area contributed by atoms with E-state index in [2.05, 4.69) is 409 Å². The van der Waals surface area contributed by atoms with Crippen LogP contribution in [0.1, 0.15) is 380 Å². The molecular formula is C93H165N5. The van der Waals surface area contributed by atoms with E-state index in [4.69, 9.17) is 1.37 Å². The number of rotatable bonds is 6. The van der Waals surface area contributed by atoms with E-state index in [0.29, 0.717) is 10.8 Å². The van der Waals surface area contributed by atoms with Crippen LogP contribution in [0, 0.1) is 38.5 Å². The van der Waals surface area contributed by atoms with Crippen molar-refractivity contribution in [3.63, 3.8) is 0 Å². The van der Waals surface area contributed by atoms with Gasteiger partial charge in [0.1, 0.15) is 0 Å². The maximum atomic E-state index is 9.14. The van der Waals surface area contributed by atoms with Crippen LogP contribution >= 0.6 is 0 Å². The lowest BCUT2D eigenvalue weighted by atomic mass is 9.71. The van der Waals surface area contributed by atoms with Crippen molar-refractivity contribution in [2.24, 2.45) is 10.8 Å². The molecule has 2 aliphatic carbocycles. The first-order valence-corrected chi connectivity index (χ1v) is 38.5. The zero-order valence-electron chi connectivity index (χ0n) is 74.9. The SMILES string of the molecule is CC(C)(C)N(C(C)(C)C)C(C)(C)C.CC(C)(C)c1cc(-c2ccccc2)ccc1N(C(C)(C)C)C(C)(C)C.CN(C(C)(C)C)C(C)(C)C.Cc1cc(C2CCC(C)(C)CC2)cc(C)c1N(C(C)(C)C)C(C)(C)C.[2H]C1(c2cc(C)c(N(C(C)(C)C)C(C)(C)C)c(C)c2)CCC(C)(C)CC1. The molecular weight excluding hydrogens is 1190 g/mol. The molecule has 2 aliphatic rings. The second-order valence-corrected chi connectivity index (χ2v) is 43.8. The molecule has 0 aromatic heterocycles. The lowest BCUT2D eigenvalue weighted by molar-refractivity contribution is -0.0403. The summed E-state index contributed by atoms with van der Waals surface area (Å²) in [6, 6.07) is 27.2. The summed E-state index contributed by atoms with van der Waals surface area (Å²) < 4.78 is 9.14. The Morgan fingerprint density at radius 1 is 0.337 bits per heavy atom. The standard InChI is InChI=1S/2C24H41N.C24H35N.C12H27N.C9H21N/c2*1-17-15-20(19-11-13-24(9,10)14-12-19)16-18(2)21(17)25(22(3,4)5)23(6,7)8;1-22(2,3)20-17-19(18-13-11-10-12-14-18)15-16-21(20)25(23(4,5)6)24(7,8)9;1-10(2,3)13(11(4,5)6)12(7,8)9;1-8(2,3)10(7)9(4,5)6/h2*15-16,19H,11-14H2,1-10H3;10-17H,1-9H3;1-9H3;1-7H3/i19D;;;;. The smallest absolute Gasteiger partial charge is 0.0434 e. The molecule has 562 valence electrons. The topological polar surface area (TPSA) is 16.2 Å². The summed E-state index contributed by atoms with van der Waals surface area (Å²) in [6.07, 6.45) is 9.63. The van der Waals surface area contributed by atoms with Crippen molar-refractivity contribution >= 4 is 17.1 Å². The first-order valence-electron chi connectivity index (χ1n) is 39.0. The van der Waals surface area contributed by atoms with Crippen LogP contribution in [0.4, 0.5) is 17.1 Å². The maximum absolute atomic E-state index is 9.14. The molecule has 98 heavy (non-hydrogen) atoms. The molecule has 0 atom stereocenters. The van der Waals surface area contributed by atoms with Crippen LogP contribution in [0.3, 0.4) is 0 Å². The predicted molar refractivity (Wildman–Crippen MR) is 447 cm³/mol. The normalized spacial score (nSPS) is 17.0. The van der Waals surface area contributed by atoms with E-state index in [-0.39, 0.29) is 66.3 Å². The second kappa shape index (κ2) is 32.1. The van der Waals surface area contributed by atoms with Gasteiger partial charge < -0.3 is 14.7 Å². The zero-order valence-corrected chi connectivity index (χ0v) is 73.9. The van der Waals surface area contributed by atoms with Crippen molar-refractivity contribution in [1.82, 2.24) is 9.80 Å². The van der Waals surface area contributed by atoms with Crippen molar-refractivity contribution in [3.8, 4) is 11.1 Å². The highest BCUT2D eigenvalue weighted by Gasteiger charge is 2.41. The molecule has 0 unspecified atom stereocenters. The molecule has 2 fully saturated rings. The van der Waals surface area contributed by atoms with Gasteiger partial charge in [0.25, 0.3) is 0 Å². The maximum Gasteiger partial charge on any atom is 0.0434 e. The van der Waals surface area contributed by atoms with Crippen molar-refractivity contribution in [1.29, 1.82) is 0 Å². The van der Waals surface area contributed by atoms with Crippen molar-refractivity contribution in [2.45, 2.75) is 434 Å². The van der Waals surface area contributed by atoms with Gasteiger partial charge in [0.05, 0.1) is 0 Å². The molecule has 0 N–H and O–H groups in total. The summed E-state index contributed by atoms with van der Waals surface area (Å²) >= 11 is 0. The van der Waals surface area contributed by atoms with Gasteiger partial charge in [-0.15, -0.1) is 0 Å². The van der Waals surface area contributed by atoms with E-state index in [9.17, 15) is 0 Å². The number of hydrogen-bond acceptors (Lipinski definition) is 5. The van der Waals surface area contributed by atoms with Crippen LogP contribution in [0.2, 0.25) is 0 Å². The van der Waals surface area contributed by atoms with Crippen LogP contribution in [-0.4, -0.2) is 77.8 Å². The van der Waals surface area contributed by atoms with Gasteiger partial charge >= 0.3 is 0 Å². The molecule has 4 aromatic carbocycles. The van der Waals surface area contributed by atoms with Gasteiger partial charge in [-0.05, 0) is 405 Å². The zero-order chi connectivity index (χ0) is 78.0. The third kappa shape index (κ3) is 26.8. The third-order valence-corrected chi connectivity index (χ3v) is 20.1. The molecule has 0 amide bonds. The monoisotopic (exact) mass is 1350 g/mol. The summed E-state index contributed by atoms with van der Waals surface area (Å²) in [7, 11) is 2.17. The fourth-order valence-corrected chi connectivity index (χ4v) is 17.6.